The summed E-state index contributed by atoms with van der Waals surface area (Å²) in [6.45, 7) is 0. The lowest BCUT2D eigenvalue weighted by Gasteiger charge is -2.20. The fraction of sp³-hybridized carbons (Fsp3) is 0.500. The summed E-state index contributed by atoms with van der Waals surface area (Å²) in [5.41, 5.74) is 0. The van der Waals surface area contributed by atoms with Crippen molar-refractivity contribution in [1.29, 1.82) is 0 Å². The van der Waals surface area contributed by atoms with Gasteiger partial charge in [-0.25, -0.2) is 0 Å². The fourth-order valence-electron chi connectivity index (χ4n) is 2.02. The van der Waals surface area contributed by atoms with Crippen LogP contribution in [0.3, 0.4) is 0 Å². The summed E-state index contributed by atoms with van der Waals surface area (Å²) < 4.78 is 0. The number of carbonyl (C=O) groups excluding carboxylic acids is 2. The number of rotatable bonds is 2. The van der Waals surface area contributed by atoms with Crippen LogP contribution in [0.1, 0.15) is 19.3 Å². The molecular formula is C10H11NO4. The van der Waals surface area contributed by atoms with Crippen LogP contribution in [0, 0.1) is 5.92 Å². The number of carbonyl (C=O) groups is 3. The average Bonchev–Trinajstić information content (AvgIpc) is 2.73. The topological polar surface area (TPSA) is 74.7 Å². The Balaban J connectivity index is 2.08. The van der Waals surface area contributed by atoms with Gasteiger partial charge in [0.25, 0.3) is 0 Å². The van der Waals surface area contributed by atoms with Gasteiger partial charge in [-0.2, -0.15) is 0 Å². The number of hydrogen-bond donors (Lipinski definition) is 1. The van der Waals surface area contributed by atoms with Crippen LogP contribution < -0.4 is 0 Å². The van der Waals surface area contributed by atoms with Crippen molar-refractivity contribution < 1.29 is 19.5 Å². The van der Waals surface area contributed by atoms with Crippen LogP contribution in [0.2, 0.25) is 0 Å². The van der Waals surface area contributed by atoms with Crippen LogP contribution in [-0.4, -0.2) is 33.8 Å². The largest absolute Gasteiger partial charge is 0.481 e. The van der Waals surface area contributed by atoms with E-state index >= 15 is 0 Å². The second-order valence-electron chi connectivity index (χ2n) is 3.79. The molecule has 0 radical (unpaired) electrons. The number of imide groups is 1. The molecule has 0 bridgehead atoms. The highest BCUT2D eigenvalue weighted by molar-refractivity contribution is 6.02. The van der Waals surface area contributed by atoms with Gasteiger partial charge in [-0.1, -0.05) is 12.2 Å². The molecule has 2 atom stereocenters. The summed E-state index contributed by atoms with van der Waals surface area (Å²) in [5, 5.41) is 8.77. The minimum atomic E-state index is -0.909. The third kappa shape index (κ3) is 1.65. The molecular weight excluding hydrogens is 198 g/mol. The zero-order valence-electron chi connectivity index (χ0n) is 8.05. The van der Waals surface area contributed by atoms with E-state index in [0.29, 0.717) is 6.42 Å². The van der Waals surface area contributed by atoms with Gasteiger partial charge in [0.15, 0.2) is 0 Å². The zero-order chi connectivity index (χ0) is 11.0. The summed E-state index contributed by atoms with van der Waals surface area (Å²) in [7, 11) is 0. The summed E-state index contributed by atoms with van der Waals surface area (Å²) in [4.78, 5) is 34.6. The van der Waals surface area contributed by atoms with E-state index in [1.54, 1.807) is 12.2 Å². The molecule has 15 heavy (non-hydrogen) atoms. The van der Waals surface area contributed by atoms with Gasteiger partial charge < -0.3 is 5.11 Å². The molecule has 80 valence electrons. The van der Waals surface area contributed by atoms with Crippen molar-refractivity contribution in [3.8, 4) is 0 Å². The number of amides is 2. The lowest BCUT2D eigenvalue weighted by molar-refractivity contribution is -0.144. The van der Waals surface area contributed by atoms with E-state index in [1.807, 2.05) is 0 Å². The van der Waals surface area contributed by atoms with E-state index in [4.69, 9.17) is 5.11 Å². The van der Waals surface area contributed by atoms with E-state index in [1.165, 1.54) is 4.90 Å². The van der Waals surface area contributed by atoms with Gasteiger partial charge in [0.1, 0.15) is 0 Å². The molecule has 1 fully saturated rings. The van der Waals surface area contributed by atoms with Crippen molar-refractivity contribution in [2.75, 3.05) is 0 Å². The number of aliphatic carboxylic acids is 1. The lowest BCUT2D eigenvalue weighted by atomic mass is 10.1. The first kappa shape index (κ1) is 9.89. The van der Waals surface area contributed by atoms with E-state index in [-0.39, 0.29) is 30.7 Å². The van der Waals surface area contributed by atoms with Gasteiger partial charge in [0, 0.05) is 12.8 Å². The number of likely N-dealkylation sites (tertiary alicyclic amines) is 1. The number of hydrogen-bond acceptors (Lipinski definition) is 3. The summed E-state index contributed by atoms with van der Waals surface area (Å²) >= 11 is 0. The summed E-state index contributed by atoms with van der Waals surface area (Å²) in [5.74, 6) is -1.87. The molecule has 2 amide bonds. The van der Waals surface area contributed by atoms with Gasteiger partial charge in [-0.15, -0.1) is 0 Å². The first-order valence-electron chi connectivity index (χ1n) is 4.85. The highest BCUT2D eigenvalue weighted by Crippen LogP contribution is 2.26. The van der Waals surface area contributed by atoms with Gasteiger partial charge >= 0.3 is 5.97 Å². The minimum absolute atomic E-state index is 0.194. The predicted molar refractivity (Wildman–Crippen MR) is 49.8 cm³/mol. The first-order chi connectivity index (χ1) is 7.09. The van der Waals surface area contributed by atoms with Gasteiger partial charge in [-0.3, -0.25) is 19.3 Å². The molecule has 0 aromatic carbocycles. The number of nitrogens with zero attached hydrogens (tertiary/aromatic N) is 1. The molecule has 0 spiro atoms. The van der Waals surface area contributed by atoms with E-state index in [0.717, 1.165) is 0 Å². The van der Waals surface area contributed by atoms with Crippen LogP contribution >= 0.6 is 0 Å². The Hall–Kier alpha value is -1.65. The van der Waals surface area contributed by atoms with Crippen LogP contribution in [0.15, 0.2) is 12.2 Å². The average molecular weight is 209 g/mol. The molecule has 1 aliphatic heterocycles. The standard InChI is InChI=1S/C10H11NO4/c12-8-3-4-9(13)11(8)7-2-1-6(5-7)10(14)15/h1-2,6-7H,3-5H2,(H,14,15). The van der Waals surface area contributed by atoms with Gasteiger partial charge in [-0.05, 0) is 6.42 Å². The van der Waals surface area contributed by atoms with Crippen LogP contribution in [0.4, 0.5) is 0 Å². The number of carboxylic acids is 1. The summed E-state index contributed by atoms with van der Waals surface area (Å²) in [6.07, 6.45) is 4.00. The Bertz CT molecular complexity index is 344. The molecule has 5 nitrogen and oxygen atoms in total. The van der Waals surface area contributed by atoms with Crippen LogP contribution in [0.5, 0.6) is 0 Å². The Morgan fingerprint density at radius 2 is 1.87 bits per heavy atom. The van der Waals surface area contributed by atoms with E-state index in [9.17, 15) is 14.4 Å². The van der Waals surface area contributed by atoms with Crippen LogP contribution in [0.25, 0.3) is 0 Å². The highest BCUT2D eigenvalue weighted by Gasteiger charge is 2.37. The Morgan fingerprint density at radius 3 is 2.33 bits per heavy atom. The molecule has 1 N–H and O–H groups in total. The van der Waals surface area contributed by atoms with Crippen molar-refractivity contribution in [3.05, 3.63) is 12.2 Å². The zero-order valence-corrected chi connectivity index (χ0v) is 8.05. The Kier molecular flexibility index (Phi) is 2.30. The monoisotopic (exact) mass is 209 g/mol. The van der Waals surface area contributed by atoms with Crippen molar-refractivity contribution >= 4 is 17.8 Å². The molecule has 1 aliphatic carbocycles. The maximum absolute atomic E-state index is 11.4. The maximum atomic E-state index is 11.4. The Morgan fingerprint density at radius 1 is 1.27 bits per heavy atom. The fourth-order valence-corrected chi connectivity index (χ4v) is 2.02. The third-order valence-corrected chi connectivity index (χ3v) is 2.80. The molecule has 5 heteroatoms. The van der Waals surface area contributed by atoms with Crippen LogP contribution in [-0.2, 0) is 14.4 Å². The second kappa shape index (κ2) is 3.49. The third-order valence-electron chi connectivity index (χ3n) is 2.80. The molecule has 0 aromatic rings. The maximum Gasteiger partial charge on any atom is 0.310 e. The molecule has 0 aromatic heterocycles. The lowest BCUT2D eigenvalue weighted by Crippen LogP contribution is -2.37. The van der Waals surface area contributed by atoms with Gasteiger partial charge in [0.05, 0.1) is 12.0 Å². The molecule has 2 unspecified atom stereocenters. The SMILES string of the molecule is O=C(O)C1C=CC(N2C(=O)CCC2=O)C1. The molecule has 2 aliphatic rings. The number of carboxylic acid groups (broad SMARTS) is 1. The first-order valence-corrected chi connectivity index (χ1v) is 4.85. The highest BCUT2D eigenvalue weighted by atomic mass is 16.4. The predicted octanol–water partition coefficient (Wildman–Crippen LogP) is 0.165. The smallest absolute Gasteiger partial charge is 0.310 e. The van der Waals surface area contributed by atoms with Crippen molar-refractivity contribution in [2.45, 2.75) is 25.3 Å². The van der Waals surface area contributed by atoms with Gasteiger partial charge in [0.2, 0.25) is 11.8 Å². The second-order valence-corrected chi connectivity index (χ2v) is 3.79. The molecule has 0 saturated carbocycles. The normalized spacial score (nSPS) is 30.3. The molecule has 1 saturated heterocycles. The van der Waals surface area contributed by atoms with Crippen molar-refractivity contribution in [2.24, 2.45) is 5.92 Å². The molecule has 2 rings (SSSR count). The Labute approximate surface area is 86.4 Å². The van der Waals surface area contributed by atoms with E-state index < -0.39 is 11.9 Å². The minimum Gasteiger partial charge on any atom is -0.481 e. The van der Waals surface area contributed by atoms with E-state index in [2.05, 4.69) is 0 Å². The van der Waals surface area contributed by atoms with Crippen molar-refractivity contribution in [1.82, 2.24) is 4.90 Å². The summed E-state index contributed by atoms with van der Waals surface area (Å²) in [6, 6.07) is -0.353. The quantitative estimate of drug-likeness (QED) is 0.519. The van der Waals surface area contributed by atoms with Crippen molar-refractivity contribution in [3.63, 3.8) is 0 Å². The molecule has 1 heterocycles.